The lowest BCUT2D eigenvalue weighted by Crippen LogP contribution is -2.26. The van der Waals surface area contributed by atoms with E-state index in [9.17, 15) is 9.18 Å². The van der Waals surface area contributed by atoms with Crippen LogP contribution in [0.15, 0.2) is 48.5 Å². The van der Waals surface area contributed by atoms with Gasteiger partial charge in [-0.2, -0.15) is 5.26 Å². The van der Waals surface area contributed by atoms with Crippen LogP contribution in [-0.4, -0.2) is 5.91 Å². The third-order valence-electron chi connectivity index (χ3n) is 3.03. The Morgan fingerprint density at radius 1 is 1.22 bits per heavy atom. The average molecular weight is 349 g/mol. The molecule has 0 heterocycles. The molecule has 1 atom stereocenters. The van der Waals surface area contributed by atoms with E-state index in [1.165, 1.54) is 30.4 Å². The molecule has 2 rings (SSSR count). The van der Waals surface area contributed by atoms with Crippen molar-refractivity contribution in [3.8, 4) is 6.07 Å². The van der Waals surface area contributed by atoms with E-state index in [2.05, 4.69) is 5.32 Å². The van der Waals surface area contributed by atoms with E-state index in [0.717, 1.165) is 0 Å². The lowest BCUT2D eigenvalue weighted by molar-refractivity contribution is -0.116. The standard InChI is InChI=1S/C17H11Cl2FN2O/c18-13-6-3-4-11(17(13)19)8-9-16(23)22-15(10-21)12-5-1-2-7-14(12)20/h1-9,15H,(H,22,23)/b9-8+. The van der Waals surface area contributed by atoms with Gasteiger partial charge in [0.05, 0.1) is 16.1 Å². The maximum atomic E-state index is 13.7. The van der Waals surface area contributed by atoms with Gasteiger partial charge in [-0.3, -0.25) is 4.79 Å². The molecule has 0 saturated heterocycles. The first-order valence-corrected chi connectivity index (χ1v) is 7.35. The van der Waals surface area contributed by atoms with E-state index in [4.69, 9.17) is 28.5 Å². The van der Waals surface area contributed by atoms with E-state index in [1.54, 1.807) is 24.3 Å². The summed E-state index contributed by atoms with van der Waals surface area (Å²) in [6, 6.07) is 11.6. The van der Waals surface area contributed by atoms with E-state index in [-0.39, 0.29) is 5.56 Å². The van der Waals surface area contributed by atoms with Crippen LogP contribution in [0.2, 0.25) is 10.0 Å². The average Bonchev–Trinajstić information content (AvgIpc) is 2.55. The molecule has 1 amide bonds. The number of benzene rings is 2. The third-order valence-corrected chi connectivity index (χ3v) is 3.86. The highest BCUT2D eigenvalue weighted by atomic mass is 35.5. The molecule has 116 valence electrons. The molecule has 0 aliphatic rings. The Kier molecular flexibility index (Phi) is 5.75. The molecule has 23 heavy (non-hydrogen) atoms. The number of hydrogen-bond acceptors (Lipinski definition) is 2. The van der Waals surface area contributed by atoms with Gasteiger partial charge in [-0.1, -0.05) is 53.5 Å². The van der Waals surface area contributed by atoms with Crippen molar-refractivity contribution in [1.29, 1.82) is 5.26 Å². The third kappa shape index (κ3) is 4.32. The fourth-order valence-electron chi connectivity index (χ4n) is 1.89. The number of carbonyl (C=O) groups excluding carboxylic acids is 1. The number of rotatable bonds is 4. The highest BCUT2D eigenvalue weighted by molar-refractivity contribution is 6.42. The Balaban J connectivity index is 2.12. The highest BCUT2D eigenvalue weighted by Gasteiger charge is 2.16. The molecule has 1 unspecified atom stereocenters. The molecule has 0 aromatic heterocycles. The van der Waals surface area contributed by atoms with Crippen LogP contribution in [0, 0.1) is 17.1 Å². The second-order valence-corrected chi connectivity index (χ2v) is 5.35. The van der Waals surface area contributed by atoms with Crippen molar-refractivity contribution in [1.82, 2.24) is 5.32 Å². The van der Waals surface area contributed by atoms with E-state index >= 15 is 0 Å². The minimum atomic E-state index is -1.08. The first-order chi connectivity index (χ1) is 11.0. The van der Waals surface area contributed by atoms with Gasteiger partial charge < -0.3 is 5.32 Å². The van der Waals surface area contributed by atoms with Crippen molar-refractivity contribution >= 4 is 35.2 Å². The molecule has 2 aromatic carbocycles. The maximum absolute atomic E-state index is 13.7. The Morgan fingerprint density at radius 3 is 2.65 bits per heavy atom. The van der Waals surface area contributed by atoms with Crippen LogP contribution in [0.4, 0.5) is 4.39 Å². The van der Waals surface area contributed by atoms with Crippen molar-refractivity contribution in [3.63, 3.8) is 0 Å². The molecule has 0 fully saturated rings. The zero-order chi connectivity index (χ0) is 16.8. The first kappa shape index (κ1) is 17.0. The maximum Gasteiger partial charge on any atom is 0.245 e. The minimum absolute atomic E-state index is 0.109. The van der Waals surface area contributed by atoms with Crippen LogP contribution in [0.25, 0.3) is 6.08 Å². The van der Waals surface area contributed by atoms with Crippen molar-refractivity contribution in [3.05, 3.63) is 75.5 Å². The second kappa shape index (κ2) is 7.77. The monoisotopic (exact) mass is 348 g/mol. The SMILES string of the molecule is N#CC(NC(=O)/C=C/c1cccc(Cl)c1Cl)c1ccccc1F. The van der Waals surface area contributed by atoms with Gasteiger partial charge in [0.1, 0.15) is 11.9 Å². The fraction of sp³-hybridized carbons (Fsp3) is 0.0588. The molecule has 0 spiro atoms. The molecule has 0 aliphatic heterocycles. The Bertz CT molecular complexity index is 799. The number of nitriles is 1. The topological polar surface area (TPSA) is 52.9 Å². The van der Waals surface area contributed by atoms with E-state index in [0.29, 0.717) is 15.6 Å². The molecular weight excluding hydrogens is 338 g/mol. The largest absolute Gasteiger partial charge is 0.333 e. The number of hydrogen-bond donors (Lipinski definition) is 1. The summed E-state index contributed by atoms with van der Waals surface area (Å²) in [7, 11) is 0. The van der Waals surface area contributed by atoms with Gasteiger partial charge in [-0.05, 0) is 23.8 Å². The Morgan fingerprint density at radius 2 is 1.96 bits per heavy atom. The van der Waals surface area contributed by atoms with Crippen molar-refractivity contribution < 1.29 is 9.18 Å². The summed E-state index contributed by atoms with van der Waals surface area (Å²) in [4.78, 5) is 11.9. The second-order valence-electron chi connectivity index (χ2n) is 4.57. The van der Waals surface area contributed by atoms with Gasteiger partial charge in [0.25, 0.3) is 0 Å². The van der Waals surface area contributed by atoms with E-state index < -0.39 is 17.8 Å². The van der Waals surface area contributed by atoms with Gasteiger partial charge in [-0.25, -0.2) is 4.39 Å². The van der Waals surface area contributed by atoms with Crippen LogP contribution in [0.5, 0.6) is 0 Å². The zero-order valence-electron chi connectivity index (χ0n) is 11.8. The van der Waals surface area contributed by atoms with Crippen molar-refractivity contribution in [2.75, 3.05) is 0 Å². The molecule has 1 N–H and O–H groups in total. The molecule has 6 heteroatoms. The quantitative estimate of drug-likeness (QED) is 0.825. The molecule has 3 nitrogen and oxygen atoms in total. The van der Waals surface area contributed by atoms with Crippen molar-refractivity contribution in [2.45, 2.75) is 6.04 Å². The first-order valence-electron chi connectivity index (χ1n) is 6.59. The van der Waals surface area contributed by atoms with Gasteiger partial charge in [0, 0.05) is 11.6 Å². The molecular formula is C17H11Cl2FN2O. The zero-order valence-corrected chi connectivity index (χ0v) is 13.3. The van der Waals surface area contributed by atoms with Crippen molar-refractivity contribution in [2.24, 2.45) is 0 Å². The number of amides is 1. The highest BCUT2D eigenvalue weighted by Crippen LogP contribution is 2.26. The van der Waals surface area contributed by atoms with Gasteiger partial charge >= 0.3 is 0 Å². The number of nitrogens with one attached hydrogen (secondary N) is 1. The lowest BCUT2D eigenvalue weighted by Gasteiger charge is -2.11. The molecule has 0 aliphatic carbocycles. The van der Waals surface area contributed by atoms with Crippen LogP contribution in [0.3, 0.4) is 0 Å². The van der Waals surface area contributed by atoms with Crippen LogP contribution < -0.4 is 5.32 Å². The Hall–Kier alpha value is -2.35. The number of nitrogens with zero attached hydrogens (tertiary/aromatic N) is 1. The molecule has 0 saturated carbocycles. The smallest absolute Gasteiger partial charge is 0.245 e. The summed E-state index contributed by atoms with van der Waals surface area (Å²) in [6.07, 6.45) is 2.68. The number of halogens is 3. The van der Waals surface area contributed by atoms with Gasteiger partial charge in [-0.15, -0.1) is 0 Å². The number of carbonyl (C=O) groups is 1. The summed E-state index contributed by atoms with van der Waals surface area (Å²) in [5, 5.41) is 12.2. The predicted octanol–water partition coefficient (Wildman–Crippen LogP) is 4.53. The summed E-state index contributed by atoms with van der Waals surface area (Å²) in [5.74, 6) is -1.10. The summed E-state index contributed by atoms with van der Waals surface area (Å²) < 4.78 is 13.7. The predicted molar refractivity (Wildman–Crippen MR) is 88.4 cm³/mol. The van der Waals surface area contributed by atoms with Crippen LogP contribution in [0.1, 0.15) is 17.2 Å². The van der Waals surface area contributed by atoms with Crippen LogP contribution >= 0.6 is 23.2 Å². The summed E-state index contributed by atoms with van der Waals surface area (Å²) >= 11 is 11.9. The summed E-state index contributed by atoms with van der Waals surface area (Å²) in [5.41, 5.74) is 0.672. The summed E-state index contributed by atoms with van der Waals surface area (Å²) in [6.45, 7) is 0. The molecule has 0 bridgehead atoms. The Labute approximate surface area is 142 Å². The molecule has 2 aromatic rings. The fourth-order valence-corrected chi connectivity index (χ4v) is 2.26. The van der Waals surface area contributed by atoms with E-state index in [1.807, 2.05) is 6.07 Å². The normalized spacial score (nSPS) is 11.9. The lowest BCUT2D eigenvalue weighted by atomic mass is 10.1. The van der Waals surface area contributed by atoms with Gasteiger partial charge in [0.15, 0.2) is 0 Å². The molecule has 0 radical (unpaired) electrons. The minimum Gasteiger partial charge on any atom is -0.333 e. The van der Waals surface area contributed by atoms with Crippen LogP contribution in [-0.2, 0) is 4.79 Å². The van der Waals surface area contributed by atoms with Gasteiger partial charge in [0.2, 0.25) is 5.91 Å².